The Morgan fingerprint density at radius 3 is 3.20 bits per heavy atom. The van der Waals surface area contributed by atoms with E-state index in [-0.39, 0.29) is 0 Å². The molecule has 3 heteroatoms. The highest BCUT2D eigenvalue weighted by molar-refractivity contribution is 5.88. The van der Waals surface area contributed by atoms with Gasteiger partial charge in [-0.3, -0.25) is 0 Å². The summed E-state index contributed by atoms with van der Waals surface area (Å²) in [6, 6.07) is 7.24. The van der Waals surface area contributed by atoms with Crippen LogP contribution in [0.3, 0.4) is 0 Å². The predicted octanol–water partition coefficient (Wildman–Crippen LogP) is 3.05. The van der Waals surface area contributed by atoms with Crippen molar-refractivity contribution in [3.05, 3.63) is 46.9 Å². The summed E-state index contributed by atoms with van der Waals surface area (Å²) in [5.74, 6) is 1.11. The van der Waals surface area contributed by atoms with Crippen molar-refractivity contribution in [3.63, 3.8) is 0 Å². The molecule has 20 heavy (non-hydrogen) atoms. The number of aromatic nitrogens is 1. The van der Waals surface area contributed by atoms with Gasteiger partial charge in [0, 0.05) is 41.5 Å². The summed E-state index contributed by atoms with van der Waals surface area (Å²) in [6.45, 7) is 8.88. The number of piperidine rings is 1. The SMILES string of the molecule is [C-]#[N+]CC1CC2c3cccc4[nH]cc(c34)C[C@H]2N(C)C1. The van der Waals surface area contributed by atoms with Crippen LogP contribution in [0.1, 0.15) is 23.5 Å². The number of aromatic amines is 1. The highest BCUT2D eigenvalue weighted by Crippen LogP contribution is 2.44. The number of likely N-dealkylation sites (N-methyl/N-ethyl adjacent to an activating group) is 1. The average Bonchev–Trinajstić information content (AvgIpc) is 2.86. The Hall–Kier alpha value is -1.79. The van der Waals surface area contributed by atoms with E-state index < -0.39 is 0 Å². The monoisotopic (exact) mass is 265 g/mol. The van der Waals surface area contributed by atoms with Crippen LogP contribution >= 0.6 is 0 Å². The van der Waals surface area contributed by atoms with E-state index in [0.29, 0.717) is 24.4 Å². The summed E-state index contributed by atoms with van der Waals surface area (Å²) in [5.41, 5.74) is 4.23. The first-order valence-corrected chi connectivity index (χ1v) is 7.40. The van der Waals surface area contributed by atoms with Crippen molar-refractivity contribution in [2.75, 3.05) is 20.1 Å². The topological polar surface area (TPSA) is 23.4 Å². The van der Waals surface area contributed by atoms with E-state index in [9.17, 15) is 0 Å². The molecular weight excluding hydrogens is 246 g/mol. The molecule has 1 N–H and O–H groups in total. The van der Waals surface area contributed by atoms with Gasteiger partial charge in [-0.05, 0) is 37.1 Å². The molecule has 1 aliphatic carbocycles. The van der Waals surface area contributed by atoms with Crippen LogP contribution in [0.2, 0.25) is 0 Å². The lowest BCUT2D eigenvalue weighted by atomic mass is 9.72. The lowest BCUT2D eigenvalue weighted by Crippen LogP contribution is -2.48. The van der Waals surface area contributed by atoms with Crippen molar-refractivity contribution in [2.24, 2.45) is 5.92 Å². The van der Waals surface area contributed by atoms with Gasteiger partial charge in [-0.2, -0.15) is 0 Å². The van der Waals surface area contributed by atoms with Gasteiger partial charge >= 0.3 is 0 Å². The molecule has 2 aliphatic rings. The normalized spacial score (nSPS) is 29.1. The molecule has 1 fully saturated rings. The van der Waals surface area contributed by atoms with Gasteiger partial charge in [0.15, 0.2) is 0 Å². The Balaban J connectivity index is 1.81. The Morgan fingerprint density at radius 1 is 1.45 bits per heavy atom. The number of nitrogens with one attached hydrogen (secondary N) is 1. The minimum atomic E-state index is 0.523. The third-order valence-electron chi connectivity index (χ3n) is 5.16. The second kappa shape index (κ2) is 4.36. The molecule has 1 saturated heterocycles. The molecule has 4 rings (SSSR count). The number of rotatable bonds is 1. The first-order valence-electron chi connectivity index (χ1n) is 7.40. The maximum absolute atomic E-state index is 7.15. The summed E-state index contributed by atoms with van der Waals surface area (Å²) in [5, 5.41) is 1.45. The Bertz CT molecular complexity index is 694. The van der Waals surface area contributed by atoms with Crippen LogP contribution < -0.4 is 0 Å². The maximum Gasteiger partial charge on any atom is 0.218 e. The van der Waals surface area contributed by atoms with Crippen molar-refractivity contribution in [2.45, 2.75) is 24.8 Å². The standard InChI is InChI=1S/C17H19N3/c1-18-8-11-6-14-13-4-3-5-15-17(13)12(9-19-15)7-16(14)20(2)10-11/h3-5,9,11,14,16,19H,6-8,10H2,2H3/t11?,14?,16-/m1/s1. The second-order valence-electron chi connectivity index (χ2n) is 6.34. The molecule has 102 valence electrons. The number of hydrogen-bond acceptors (Lipinski definition) is 1. The Morgan fingerprint density at radius 2 is 2.35 bits per heavy atom. The van der Waals surface area contributed by atoms with E-state index in [1.54, 1.807) is 0 Å². The van der Waals surface area contributed by atoms with E-state index in [1.807, 2.05) is 0 Å². The van der Waals surface area contributed by atoms with Crippen LogP contribution in [0, 0.1) is 12.5 Å². The fourth-order valence-electron chi connectivity index (χ4n) is 4.32. The molecule has 2 heterocycles. The van der Waals surface area contributed by atoms with Crippen molar-refractivity contribution in [1.29, 1.82) is 0 Å². The van der Waals surface area contributed by atoms with Gasteiger partial charge in [-0.15, -0.1) is 0 Å². The summed E-state index contributed by atoms with van der Waals surface area (Å²) < 4.78 is 0. The van der Waals surface area contributed by atoms with Gasteiger partial charge in [-0.25, -0.2) is 6.57 Å². The summed E-state index contributed by atoms with van der Waals surface area (Å²) in [6.07, 6.45) is 4.49. The van der Waals surface area contributed by atoms with Gasteiger partial charge in [0.05, 0.1) is 0 Å². The zero-order chi connectivity index (χ0) is 13.7. The molecule has 1 aromatic heterocycles. The molecule has 0 bridgehead atoms. The molecule has 2 aromatic rings. The largest absolute Gasteiger partial charge is 0.361 e. The molecule has 0 radical (unpaired) electrons. The molecule has 0 spiro atoms. The molecule has 3 nitrogen and oxygen atoms in total. The molecule has 1 aromatic carbocycles. The van der Waals surface area contributed by atoms with Gasteiger partial charge in [-0.1, -0.05) is 12.1 Å². The van der Waals surface area contributed by atoms with Crippen molar-refractivity contribution < 1.29 is 0 Å². The summed E-state index contributed by atoms with van der Waals surface area (Å²) in [4.78, 5) is 9.53. The fourth-order valence-corrected chi connectivity index (χ4v) is 4.32. The molecule has 0 amide bonds. The third-order valence-corrected chi connectivity index (χ3v) is 5.16. The number of fused-ring (bicyclic) bond motifs is 2. The van der Waals surface area contributed by atoms with E-state index in [1.165, 1.54) is 28.5 Å². The summed E-state index contributed by atoms with van der Waals surface area (Å²) >= 11 is 0. The first-order chi connectivity index (χ1) is 9.78. The number of H-pyrrole nitrogens is 1. The quantitative estimate of drug-likeness (QED) is 0.787. The lowest BCUT2D eigenvalue weighted by molar-refractivity contribution is 0.118. The van der Waals surface area contributed by atoms with Crippen LogP contribution in [0.25, 0.3) is 15.7 Å². The number of likely N-dealkylation sites (tertiary alicyclic amines) is 1. The Labute approximate surface area is 119 Å². The van der Waals surface area contributed by atoms with Crippen molar-refractivity contribution in [3.8, 4) is 0 Å². The zero-order valence-corrected chi connectivity index (χ0v) is 11.8. The Kier molecular flexibility index (Phi) is 2.61. The van der Waals surface area contributed by atoms with Gasteiger partial charge in [0.25, 0.3) is 0 Å². The van der Waals surface area contributed by atoms with E-state index in [4.69, 9.17) is 6.57 Å². The average molecular weight is 265 g/mol. The molecule has 3 atom stereocenters. The second-order valence-corrected chi connectivity index (χ2v) is 6.34. The number of hydrogen-bond donors (Lipinski definition) is 1. The van der Waals surface area contributed by atoms with Gasteiger partial charge in [0.2, 0.25) is 6.54 Å². The minimum Gasteiger partial charge on any atom is -0.361 e. The molecule has 2 unspecified atom stereocenters. The van der Waals surface area contributed by atoms with Crippen LogP contribution in [0.15, 0.2) is 24.4 Å². The smallest absolute Gasteiger partial charge is 0.218 e. The lowest BCUT2D eigenvalue weighted by Gasteiger charge is -2.44. The first kappa shape index (κ1) is 12.0. The molecule has 0 saturated carbocycles. The number of benzene rings is 1. The zero-order valence-electron chi connectivity index (χ0n) is 11.8. The van der Waals surface area contributed by atoms with Gasteiger partial charge < -0.3 is 14.7 Å². The summed E-state index contributed by atoms with van der Waals surface area (Å²) in [7, 11) is 2.23. The van der Waals surface area contributed by atoms with Crippen LogP contribution in [0.4, 0.5) is 0 Å². The van der Waals surface area contributed by atoms with Crippen molar-refractivity contribution >= 4 is 10.9 Å². The minimum absolute atomic E-state index is 0.523. The van der Waals surface area contributed by atoms with Crippen LogP contribution in [0.5, 0.6) is 0 Å². The van der Waals surface area contributed by atoms with Crippen molar-refractivity contribution in [1.82, 2.24) is 9.88 Å². The third kappa shape index (κ3) is 1.61. The fraction of sp³-hybridized carbons (Fsp3) is 0.471. The van der Waals surface area contributed by atoms with Crippen LogP contribution in [-0.2, 0) is 6.42 Å². The maximum atomic E-state index is 7.15. The highest BCUT2D eigenvalue weighted by Gasteiger charge is 2.40. The van der Waals surface area contributed by atoms with E-state index in [0.717, 1.165) is 13.0 Å². The van der Waals surface area contributed by atoms with E-state index >= 15 is 0 Å². The molecule has 1 aliphatic heterocycles. The number of nitrogens with zero attached hydrogens (tertiary/aromatic N) is 2. The highest BCUT2D eigenvalue weighted by atomic mass is 15.1. The van der Waals surface area contributed by atoms with Crippen LogP contribution in [-0.4, -0.2) is 36.1 Å². The van der Waals surface area contributed by atoms with E-state index in [2.05, 4.69) is 46.2 Å². The molecular formula is C17H19N3. The predicted molar refractivity (Wildman–Crippen MR) is 80.7 cm³/mol. The van der Waals surface area contributed by atoms with Gasteiger partial charge in [0.1, 0.15) is 0 Å².